The van der Waals surface area contributed by atoms with Crippen LogP contribution in [0.3, 0.4) is 0 Å². The number of rotatable bonds is 4. The summed E-state index contributed by atoms with van der Waals surface area (Å²) >= 11 is 6.62. The van der Waals surface area contributed by atoms with E-state index in [-0.39, 0.29) is 11.6 Å². The van der Waals surface area contributed by atoms with E-state index in [4.69, 9.17) is 21.6 Å². The summed E-state index contributed by atoms with van der Waals surface area (Å²) in [5.74, 6) is 0. The topological polar surface area (TPSA) is 86.8 Å². The van der Waals surface area contributed by atoms with Crippen LogP contribution >= 0.6 is 11.6 Å². The minimum absolute atomic E-state index is 0.192. The lowest BCUT2D eigenvalue weighted by molar-refractivity contribution is 0.264. The molecule has 3 aromatic heterocycles. The van der Waals surface area contributed by atoms with Gasteiger partial charge in [0.1, 0.15) is 11.2 Å². The molecule has 1 aliphatic heterocycles. The molecule has 1 fully saturated rings. The molecule has 1 saturated heterocycles. The molecule has 0 unspecified atom stereocenters. The van der Waals surface area contributed by atoms with Gasteiger partial charge in [-0.05, 0) is 57.2 Å². The summed E-state index contributed by atoms with van der Waals surface area (Å²) < 4.78 is 0. The van der Waals surface area contributed by atoms with Gasteiger partial charge < -0.3 is 15.2 Å². The largest absolute Gasteiger partial charge is 0.378 e. The Hall–Kier alpha value is -3.81. The van der Waals surface area contributed by atoms with Gasteiger partial charge in [-0.1, -0.05) is 48.0 Å². The number of anilines is 1. The summed E-state index contributed by atoms with van der Waals surface area (Å²) in [6.07, 6.45) is 3.71. The highest BCUT2D eigenvalue weighted by atomic mass is 35.5. The lowest BCUT2D eigenvalue weighted by atomic mass is 10.0. The molecule has 180 valence electrons. The van der Waals surface area contributed by atoms with Gasteiger partial charge in [-0.15, -0.1) is 0 Å². The first-order valence-corrected chi connectivity index (χ1v) is 12.4. The molecular formula is C28H25ClN6O. The van der Waals surface area contributed by atoms with Crippen LogP contribution < -0.4 is 10.9 Å². The smallest absolute Gasteiger partial charge is 0.273 e. The highest BCUT2D eigenvalue weighted by Gasteiger charge is 2.20. The number of aromatic amines is 1. The fourth-order valence-electron chi connectivity index (χ4n) is 4.78. The Morgan fingerprint density at radius 3 is 2.56 bits per heavy atom. The molecule has 2 aromatic carbocycles. The van der Waals surface area contributed by atoms with Crippen molar-refractivity contribution in [2.45, 2.75) is 18.9 Å². The third-order valence-electron chi connectivity index (χ3n) is 6.74. The number of pyridine rings is 2. The van der Waals surface area contributed by atoms with E-state index in [2.05, 4.69) is 27.2 Å². The lowest BCUT2D eigenvalue weighted by Gasteiger charge is -2.29. The van der Waals surface area contributed by atoms with Gasteiger partial charge in [0.05, 0.1) is 21.9 Å². The Bertz CT molecular complexity index is 1630. The van der Waals surface area contributed by atoms with Crippen molar-refractivity contribution in [3.8, 4) is 22.5 Å². The fraction of sp³-hybridized carbons (Fsp3) is 0.214. The molecule has 0 amide bonds. The van der Waals surface area contributed by atoms with Crippen LogP contribution in [0, 0.1) is 0 Å². The molecule has 6 rings (SSSR count). The van der Waals surface area contributed by atoms with Crippen LogP contribution in [0.25, 0.3) is 44.6 Å². The van der Waals surface area contributed by atoms with Crippen molar-refractivity contribution in [1.29, 1.82) is 0 Å². The minimum Gasteiger partial charge on any atom is -0.378 e. The number of hydrogen-bond donors (Lipinski definition) is 2. The summed E-state index contributed by atoms with van der Waals surface area (Å²) in [6, 6.07) is 19.7. The van der Waals surface area contributed by atoms with Crippen molar-refractivity contribution in [3.05, 3.63) is 82.2 Å². The number of likely N-dealkylation sites (tertiary alicyclic amines) is 1. The second-order valence-corrected chi connectivity index (χ2v) is 9.70. The van der Waals surface area contributed by atoms with Crippen LogP contribution in [-0.4, -0.2) is 51.0 Å². The summed E-state index contributed by atoms with van der Waals surface area (Å²) in [5, 5.41) is 4.91. The SMILES string of the molecule is CN1CCC(Nc2cc3nc(-c4cc(Cl)c5ncccc5c4)c(-c4ccccc4)nc3[nH]c2=O)CC1. The molecule has 2 N–H and O–H groups in total. The Kier molecular flexibility index (Phi) is 5.87. The molecular weight excluding hydrogens is 472 g/mol. The molecule has 7 nitrogen and oxygen atoms in total. The molecule has 5 aromatic rings. The molecule has 0 aliphatic carbocycles. The monoisotopic (exact) mass is 496 g/mol. The quantitative estimate of drug-likeness (QED) is 0.348. The molecule has 1 aliphatic rings. The maximum atomic E-state index is 12.9. The second-order valence-electron chi connectivity index (χ2n) is 9.29. The predicted octanol–water partition coefficient (Wildman–Crippen LogP) is 5.36. The van der Waals surface area contributed by atoms with Crippen molar-refractivity contribution in [3.63, 3.8) is 0 Å². The van der Waals surface area contributed by atoms with Crippen molar-refractivity contribution in [2.24, 2.45) is 0 Å². The van der Waals surface area contributed by atoms with Crippen LogP contribution in [0.15, 0.2) is 71.7 Å². The number of benzene rings is 2. The molecule has 0 radical (unpaired) electrons. The Morgan fingerprint density at radius 1 is 0.972 bits per heavy atom. The maximum Gasteiger partial charge on any atom is 0.273 e. The zero-order valence-electron chi connectivity index (χ0n) is 19.8. The predicted molar refractivity (Wildman–Crippen MR) is 145 cm³/mol. The van der Waals surface area contributed by atoms with Crippen molar-refractivity contribution < 1.29 is 0 Å². The van der Waals surface area contributed by atoms with E-state index in [1.165, 1.54) is 0 Å². The van der Waals surface area contributed by atoms with Gasteiger partial charge in [0.2, 0.25) is 0 Å². The molecule has 8 heteroatoms. The van der Waals surface area contributed by atoms with Gasteiger partial charge in [-0.2, -0.15) is 0 Å². The van der Waals surface area contributed by atoms with Gasteiger partial charge >= 0.3 is 0 Å². The van der Waals surface area contributed by atoms with Crippen molar-refractivity contribution in [1.82, 2.24) is 24.8 Å². The van der Waals surface area contributed by atoms with Crippen molar-refractivity contribution in [2.75, 3.05) is 25.5 Å². The highest BCUT2D eigenvalue weighted by molar-refractivity contribution is 6.35. The van der Waals surface area contributed by atoms with Gasteiger partial charge in [-0.25, -0.2) is 9.97 Å². The number of halogens is 1. The Balaban J connectivity index is 1.51. The number of nitrogens with zero attached hydrogens (tertiary/aromatic N) is 4. The highest BCUT2D eigenvalue weighted by Crippen LogP contribution is 2.34. The zero-order valence-corrected chi connectivity index (χ0v) is 20.6. The first-order chi connectivity index (χ1) is 17.5. The first-order valence-electron chi connectivity index (χ1n) is 12.1. The van der Waals surface area contributed by atoms with E-state index in [9.17, 15) is 4.79 Å². The van der Waals surface area contributed by atoms with Crippen LogP contribution in [0.2, 0.25) is 5.02 Å². The number of nitrogens with one attached hydrogen (secondary N) is 2. The van der Waals surface area contributed by atoms with Gasteiger partial charge in [-0.3, -0.25) is 9.78 Å². The molecule has 0 saturated carbocycles. The number of fused-ring (bicyclic) bond motifs is 2. The number of aromatic nitrogens is 4. The second kappa shape index (κ2) is 9.33. The van der Waals surface area contributed by atoms with Gasteiger partial charge in [0.15, 0.2) is 5.65 Å². The van der Waals surface area contributed by atoms with Crippen molar-refractivity contribution >= 4 is 39.4 Å². The van der Waals surface area contributed by atoms with Crippen LogP contribution in [0.1, 0.15) is 12.8 Å². The zero-order chi connectivity index (χ0) is 24.6. The van der Waals surface area contributed by atoms with E-state index in [0.29, 0.717) is 33.3 Å². The van der Waals surface area contributed by atoms with Gasteiger partial charge in [0.25, 0.3) is 5.56 Å². The minimum atomic E-state index is -0.192. The molecule has 0 bridgehead atoms. The third-order valence-corrected chi connectivity index (χ3v) is 7.03. The number of piperidine rings is 1. The van der Waals surface area contributed by atoms with Gasteiger partial charge in [0, 0.05) is 28.8 Å². The molecule has 4 heterocycles. The summed E-state index contributed by atoms with van der Waals surface area (Å²) in [4.78, 5) is 32.5. The number of H-pyrrole nitrogens is 1. The third kappa shape index (κ3) is 4.32. The molecule has 36 heavy (non-hydrogen) atoms. The van der Waals surface area contributed by atoms with E-state index in [0.717, 1.165) is 48.0 Å². The van der Waals surface area contributed by atoms with Crippen LogP contribution in [-0.2, 0) is 0 Å². The van der Waals surface area contributed by atoms with Crippen LogP contribution in [0.4, 0.5) is 5.69 Å². The summed E-state index contributed by atoms with van der Waals surface area (Å²) in [7, 11) is 2.12. The average molecular weight is 497 g/mol. The van der Waals surface area contributed by atoms with Crippen LogP contribution in [0.5, 0.6) is 0 Å². The summed E-state index contributed by atoms with van der Waals surface area (Å²) in [6.45, 7) is 2.01. The first kappa shape index (κ1) is 22.6. The van der Waals surface area contributed by atoms with E-state index >= 15 is 0 Å². The molecule has 0 spiro atoms. The standard InChI is InChI=1S/C28H25ClN6O/c1-35-12-9-20(10-13-35)31-23-16-22-27(34-28(23)36)33-25(17-6-3-2-4-7-17)26(32-22)19-14-18-8-5-11-30-24(18)21(29)15-19/h2-8,11,14-16,20,31H,9-10,12-13H2,1H3,(H,33,34,36). The Morgan fingerprint density at radius 2 is 1.75 bits per heavy atom. The fourth-order valence-corrected chi connectivity index (χ4v) is 5.06. The maximum absolute atomic E-state index is 12.9. The molecule has 0 atom stereocenters. The van der Waals surface area contributed by atoms with E-state index < -0.39 is 0 Å². The normalized spacial score (nSPS) is 14.9. The number of hydrogen-bond acceptors (Lipinski definition) is 6. The average Bonchev–Trinajstić information content (AvgIpc) is 2.90. The van der Waals surface area contributed by atoms with E-state index in [1.807, 2.05) is 60.7 Å². The summed E-state index contributed by atoms with van der Waals surface area (Å²) in [5.41, 5.74) is 5.24. The lowest BCUT2D eigenvalue weighted by Crippen LogP contribution is -2.37. The Labute approximate surface area is 213 Å². The van der Waals surface area contributed by atoms with E-state index in [1.54, 1.807) is 6.20 Å².